The van der Waals surface area contributed by atoms with Gasteiger partial charge in [-0.3, -0.25) is 4.90 Å². The van der Waals surface area contributed by atoms with Gasteiger partial charge in [0, 0.05) is 30.2 Å². The first-order valence-electron chi connectivity index (χ1n) is 15.5. The summed E-state index contributed by atoms with van der Waals surface area (Å²) in [6.45, 7) is 0. The number of nitrogens with one attached hydrogen (secondary N) is 1. The van der Waals surface area contributed by atoms with Gasteiger partial charge in [0.2, 0.25) is 0 Å². The Morgan fingerprint density at radius 1 is 0.515 bits per heavy atom. The van der Waals surface area contributed by atoms with Crippen LogP contribution >= 0.6 is 0 Å². The molecule has 7 rings (SSSR count). The van der Waals surface area contributed by atoms with Crippen molar-refractivity contribution in [1.29, 1.82) is 0 Å². The number of hydrogen-bond acceptors (Lipinski definition) is 3. The van der Waals surface area contributed by atoms with Gasteiger partial charge in [0.25, 0.3) is 0 Å². The summed E-state index contributed by atoms with van der Waals surface area (Å²) < 4.78 is 6.77. The Labute approximate surface area is 203 Å². The lowest BCUT2D eigenvalue weighted by atomic mass is 9.65. The van der Waals surface area contributed by atoms with Crippen LogP contribution < -0.4 is 5.32 Å². The number of nitrogens with zero attached hydrogens (tertiary/aromatic N) is 1. The summed E-state index contributed by atoms with van der Waals surface area (Å²) in [6.07, 6.45) is 28.9. The monoisotopic (exact) mass is 454 g/mol. The molecule has 0 amide bonds. The Morgan fingerprint density at radius 3 is 1.88 bits per heavy atom. The fourth-order valence-corrected chi connectivity index (χ4v) is 10.5. The van der Waals surface area contributed by atoms with Crippen molar-refractivity contribution in [2.75, 3.05) is 0 Å². The summed E-state index contributed by atoms with van der Waals surface area (Å²) in [6, 6.07) is 4.14. The van der Waals surface area contributed by atoms with E-state index in [1.54, 1.807) is 6.42 Å². The van der Waals surface area contributed by atoms with E-state index in [1.165, 1.54) is 116 Å². The van der Waals surface area contributed by atoms with Gasteiger partial charge in [0.05, 0.1) is 12.2 Å². The molecule has 2 aliphatic heterocycles. The van der Waals surface area contributed by atoms with E-state index in [0.29, 0.717) is 12.2 Å². The predicted molar refractivity (Wildman–Crippen MR) is 134 cm³/mol. The van der Waals surface area contributed by atoms with E-state index in [-0.39, 0.29) is 0 Å². The minimum atomic E-state index is 0.560. The van der Waals surface area contributed by atoms with Crippen LogP contribution in [0.25, 0.3) is 0 Å². The lowest BCUT2D eigenvalue weighted by Crippen LogP contribution is -2.65. The van der Waals surface area contributed by atoms with Crippen LogP contribution in [0.1, 0.15) is 122 Å². The molecule has 3 heteroatoms. The van der Waals surface area contributed by atoms with E-state index in [1.807, 2.05) is 0 Å². The first kappa shape index (κ1) is 22.1. The lowest BCUT2D eigenvalue weighted by molar-refractivity contribution is -0.190. The van der Waals surface area contributed by atoms with E-state index < -0.39 is 0 Å². The van der Waals surface area contributed by atoms with Gasteiger partial charge in [0.15, 0.2) is 0 Å². The van der Waals surface area contributed by atoms with Crippen molar-refractivity contribution >= 4 is 0 Å². The van der Waals surface area contributed by atoms with Gasteiger partial charge in [-0.15, -0.1) is 0 Å². The molecule has 7 aliphatic rings. The highest BCUT2D eigenvalue weighted by molar-refractivity contribution is 5.04. The Hall–Kier alpha value is -0.120. The number of morpholine rings is 1. The highest BCUT2D eigenvalue weighted by atomic mass is 16.5. The Morgan fingerprint density at radius 2 is 1.12 bits per heavy atom. The molecule has 7 fully saturated rings. The third kappa shape index (κ3) is 4.05. The summed E-state index contributed by atoms with van der Waals surface area (Å²) in [5, 5.41) is 4.10. The van der Waals surface area contributed by atoms with Gasteiger partial charge in [-0.25, -0.2) is 0 Å². The Balaban J connectivity index is 1.01. The van der Waals surface area contributed by atoms with Crippen LogP contribution in [0.5, 0.6) is 0 Å². The van der Waals surface area contributed by atoms with Gasteiger partial charge >= 0.3 is 0 Å². The molecule has 33 heavy (non-hydrogen) atoms. The maximum atomic E-state index is 6.77. The second-order valence-electron chi connectivity index (χ2n) is 13.5. The molecular weight excluding hydrogens is 404 g/mol. The van der Waals surface area contributed by atoms with Crippen molar-refractivity contribution in [3.8, 4) is 0 Å². The maximum absolute atomic E-state index is 6.77. The molecule has 0 bridgehead atoms. The first-order chi connectivity index (χ1) is 16.3. The zero-order valence-corrected chi connectivity index (χ0v) is 21.1. The third-order valence-corrected chi connectivity index (χ3v) is 12.0. The average Bonchev–Trinajstić information content (AvgIpc) is 3.25. The summed E-state index contributed by atoms with van der Waals surface area (Å²) in [4.78, 5) is 3.12. The molecule has 0 aromatic rings. The van der Waals surface area contributed by atoms with Crippen molar-refractivity contribution in [3.05, 3.63) is 0 Å². The van der Waals surface area contributed by atoms with Crippen molar-refractivity contribution in [2.24, 2.45) is 23.7 Å². The standard InChI is InChI=1S/C30H50N2O/c1-2-8-25-23(7-1)24-19-21(15-18-26(24)31-25)20-13-16-22(17-14-20)32-27-9-3-5-11-29(27)33-30-12-6-4-10-28(30)32/h20-31H,1-19H2. The molecule has 3 nitrogen and oxygen atoms in total. The van der Waals surface area contributed by atoms with E-state index in [9.17, 15) is 0 Å². The van der Waals surface area contributed by atoms with Gasteiger partial charge in [-0.2, -0.15) is 0 Å². The van der Waals surface area contributed by atoms with Gasteiger partial charge in [-0.05, 0) is 107 Å². The quantitative estimate of drug-likeness (QED) is 0.519. The van der Waals surface area contributed by atoms with Crippen molar-refractivity contribution in [1.82, 2.24) is 10.2 Å². The molecule has 9 unspecified atom stereocenters. The minimum Gasteiger partial charge on any atom is -0.372 e. The molecule has 0 aromatic carbocycles. The second-order valence-corrected chi connectivity index (χ2v) is 13.5. The lowest BCUT2D eigenvalue weighted by Gasteiger charge is -2.57. The van der Waals surface area contributed by atoms with Crippen LogP contribution in [-0.2, 0) is 4.74 Å². The second kappa shape index (κ2) is 9.40. The summed E-state index contributed by atoms with van der Waals surface area (Å²) in [7, 11) is 0. The van der Waals surface area contributed by atoms with Gasteiger partial charge in [0.1, 0.15) is 0 Å². The van der Waals surface area contributed by atoms with E-state index in [4.69, 9.17) is 4.74 Å². The van der Waals surface area contributed by atoms with Gasteiger partial charge in [-0.1, -0.05) is 38.5 Å². The molecule has 186 valence electrons. The molecule has 5 aliphatic carbocycles. The fourth-order valence-electron chi connectivity index (χ4n) is 10.5. The zero-order valence-electron chi connectivity index (χ0n) is 21.1. The summed E-state index contributed by atoms with van der Waals surface area (Å²) in [5.74, 6) is 4.14. The van der Waals surface area contributed by atoms with E-state index >= 15 is 0 Å². The largest absolute Gasteiger partial charge is 0.372 e. The van der Waals surface area contributed by atoms with E-state index in [0.717, 1.165) is 53.9 Å². The average molecular weight is 455 g/mol. The molecule has 0 radical (unpaired) electrons. The summed E-state index contributed by atoms with van der Waals surface area (Å²) in [5.41, 5.74) is 0. The van der Waals surface area contributed by atoms with Crippen LogP contribution in [0, 0.1) is 23.7 Å². The molecule has 0 spiro atoms. The first-order valence-corrected chi connectivity index (χ1v) is 15.5. The fraction of sp³-hybridized carbons (Fsp3) is 1.00. The Bertz CT molecular complexity index is 652. The molecule has 0 aromatic heterocycles. The van der Waals surface area contributed by atoms with Crippen LogP contribution in [0.15, 0.2) is 0 Å². The Kier molecular flexibility index (Phi) is 6.29. The number of ether oxygens (including phenoxy) is 1. The highest BCUT2D eigenvalue weighted by Crippen LogP contribution is 2.50. The van der Waals surface area contributed by atoms with E-state index in [2.05, 4.69) is 10.2 Å². The summed E-state index contributed by atoms with van der Waals surface area (Å²) >= 11 is 0. The van der Waals surface area contributed by atoms with Gasteiger partial charge < -0.3 is 10.1 Å². The van der Waals surface area contributed by atoms with Crippen LogP contribution in [-0.4, -0.2) is 47.3 Å². The van der Waals surface area contributed by atoms with Crippen LogP contribution in [0.2, 0.25) is 0 Å². The van der Waals surface area contributed by atoms with Crippen molar-refractivity contribution in [2.45, 2.75) is 164 Å². The topological polar surface area (TPSA) is 24.5 Å². The van der Waals surface area contributed by atoms with Crippen molar-refractivity contribution in [3.63, 3.8) is 0 Å². The smallest absolute Gasteiger partial charge is 0.0735 e. The molecule has 9 atom stereocenters. The van der Waals surface area contributed by atoms with Crippen LogP contribution in [0.3, 0.4) is 0 Å². The third-order valence-electron chi connectivity index (χ3n) is 12.0. The number of hydrogen-bond donors (Lipinski definition) is 1. The maximum Gasteiger partial charge on any atom is 0.0735 e. The SMILES string of the molecule is C1CCC2C(C1)NC1CCC(C3CCC(N4C5CCCCC5OC5CCCCC54)CC3)CC12. The zero-order chi connectivity index (χ0) is 21.8. The molecule has 2 heterocycles. The normalized spacial score (nSPS) is 52.9. The molecule has 1 N–H and O–H groups in total. The van der Waals surface area contributed by atoms with Crippen LogP contribution in [0.4, 0.5) is 0 Å². The predicted octanol–water partition coefficient (Wildman–Crippen LogP) is 6.45. The highest BCUT2D eigenvalue weighted by Gasteiger charge is 2.50. The minimum absolute atomic E-state index is 0.560. The molecule has 5 saturated carbocycles. The number of fused-ring (bicyclic) bond motifs is 5. The molecular formula is C30H50N2O. The molecule has 2 saturated heterocycles. The van der Waals surface area contributed by atoms with Crippen molar-refractivity contribution < 1.29 is 4.74 Å². The number of rotatable bonds is 2.